The van der Waals surface area contributed by atoms with Crippen molar-refractivity contribution in [2.45, 2.75) is 11.8 Å². The topological polar surface area (TPSA) is 82.8 Å². The first-order valence-electron chi connectivity index (χ1n) is 3.35. The molecule has 1 atom stereocenters. The summed E-state index contributed by atoms with van der Waals surface area (Å²) in [4.78, 5) is 25.9. The van der Waals surface area contributed by atoms with Crippen LogP contribution >= 0.6 is 0 Å². The Kier molecular flexibility index (Phi) is 2.59. The zero-order chi connectivity index (χ0) is 9.14. The lowest BCUT2D eigenvalue weighted by atomic mass is 10.7. The lowest BCUT2D eigenvalue weighted by Gasteiger charge is -1.94. The monoisotopic (exact) mass is 188 g/mol. The van der Waals surface area contributed by atoms with Gasteiger partial charge in [0.05, 0.1) is 10.8 Å². The number of hydrogen-bond acceptors (Lipinski definition) is 3. The Morgan fingerprint density at radius 2 is 2.17 bits per heavy atom. The Hall–Kier alpha value is -1.17. The highest BCUT2D eigenvalue weighted by Crippen LogP contribution is 1.93. The number of nitrogens with one attached hydrogen (secondary N) is 2. The molecule has 0 radical (unpaired) electrons. The molecule has 0 aliphatic heterocycles. The fraction of sp³-hybridized carbons (Fsp3) is 0.333. The van der Waals surface area contributed by atoms with Gasteiger partial charge in [-0.15, -0.1) is 0 Å². The van der Waals surface area contributed by atoms with Crippen LogP contribution in [-0.2, 0) is 10.8 Å². The van der Waals surface area contributed by atoms with Crippen LogP contribution in [0.4, 0.5) is 0 Å². The molecule has 0 bridgehead atoms. The van der Waals surface area contributed by atoms with Crippen LogP contribution in [0.25, 0.3) is 0 Å². The smallest absolute Gasteiger partial charge is 0.313 e. The summed E-state index contributed by atoms with van der Waals surface area (Å²) in [5.74, 6) is 0.356. The number of aromatic nitrogens is 2. The van der Waals surface area contributed by atoms with Gasteiger partial charge in [-0.05, 0) is 0 Å². The second-order valence-electron chi connectivity index (χ2n) is 2.07. The molecule has 1 heterocycles. The van der Waals surface area contributed by atoms with Crippen LogP contribution in [0, 0.1) is 0 Å². The quantitative estimate of drug-likeness (QED) is 0.636. The molecule has 0 amide bonds. The van der Waals surface area contributed by atoms with Crippen molar-refractivity contribution in [2.24, 2.45) is 0 Å². The molecule has 0 aromatic carbocycles. The average molecular weight is 188 g/mol. The van der Waals surface area contributed by atoms with Gasteiger partial charge >= 0.3 is 5.69 Å². The van der Waals surface area contributed by atoms with E-state index in [9.17, 15) is 13.8 Å². The first-order chi connectivity index (χ1) is 5.65. The van der Waals surface area contributed by atoms with Crippen molar-refractivity contribution in [3.05, 3.63) is 27.0 Å². The van der Waals surface area contributed by atoms with Crippen LogP contribution in [0.2, 0.25) is 0 Å². The van der Waals surface area contributed by atoms with E-state index in [0.717, 1.165) is 0 Å². The second-order valence-corrected chi connectivity index (χ2v) is 3.78. The van der Waals surface area contributed by atoms with Crippen molar-refractivity contribution in [3.8, 4) is 0 Å². The van der Waals surface area contributed by atoms with E-state index in [0.29, 0.717) is 5.75 Å². The molecule has 0 aliphatic carbocycles. The predicted molar refractivity (Wildman–Crippen MR) is 44.6 cm³/mol. The largest absolute Gasteiger partial charge is 0.325 e. The van der Waals surface area contributed by atoms with Crippen molar-refractivity contribution in [2.75, 3.05) is 5.75 Å². The summed E-state index contributed by atoms with van der Waals surface area (Å²) in [6.45, 7) is 1.70. The van der Waals surface area contributed by atoms with E-state index in [-0.39, 0.29) is 4.90 Å². The molecule has 0 saturated carbocycles. The number of H-pyrrole nitrogens is 2. The summed E-state index contributed by atoms with van der Waals surface area (Å²) in [5, 5.41) is 0. The van der Waals surface area contributed by atoms with Gasteiger partial charge in [0, 0.05) is 11.9 Å². The molecule has 6 heteroatoms. The minimum absolute atomic E-state index is 0.108. The van der Waals surface area contributed by atoms with Gasteiger partial charge in [0.1, 0.15) is 4.90 Å². The molecule has 0 aliphatic rings. The van der Waals surface area contributed by atoms with Crippen molar-refractivity contribution >= 4 is 10.8 Å². The first kappa shape index (κ1) is 8.92. The van der Waals surface area contributed by atoms with Gasteiger partial charge in [0.2, 0.25) is 0 Å². The summed E-state index contributed by atoms with van der Waals surface area (Å²) < 4.78 is 11.1. The van der Waals surface area contributed by atoms with Gasteiger partial charge < -0.3 is 4.98 Å². The highest BCUT2D eigenvalue weighted by Gasteiger charge is 2.05. The summed E-state index contributed by atoms with van der Waals surface area (Å²) in [5.41, 5.74) is -1.17. The van der Waals surface area contributed by atoms with Gasteiger partial charge in [-0.1, -0.05) is 6.92 Å². The van der Waals surface area contributed by atoms with Gasteiger partial charge in [-0.25, -0.2) is 4.79 Å². The number of hydrogen-bond donors (Lipinski definition) is 2. The van der Waals surface area contributed by atoms with E-state index in [2.05, 4.69) is 4.98 Å². The molecule has 1 aromatic heterocycles. The molecule has 1 rings (SSSR count). The minimum Gasteiger partial charge on any atom is -0.313 e. The van der Waals surface area contributed by atoms with Crippen LogP contribution in [0.5, 0.6) is 0 Å². The van der Waals surface area contributed by atoms with Crippen LogP contribution in [0.3, 0.4) is 0 Å². The van der Waals surface area contributed by atoms with E-state index in [1.807, 2.05) is 4.98 Å². The van der Waals surface area contributed by atoms with Crippen LogP contribution in [0.1, 0.15) is 6.92 Å². The SMILES string of the molecule is CCS(=O)c1c[nH]c(=O)[nH]c1=O. The summed E-state index contributed by atoms with van der Waals surface area (Å²) >= 11 is 0. The van der Waals surface area contributed by atoms with E-state index in [1.54, 1.807) is 6.92 Å². The Morgan fingerprint density at radius 1 is 1.50 bits per heavy atom. The Bertz CT molecular complexity index is 406. The van der Waals surface area contributed by atoms with Crippen molar-refractivity contribution in [1.29, 1.82) is 0 Å². The molecule has 12 heavy (non-hydrogen) atoms. The van der Waals surface area contributed by atoms with E-state index >= 15 is 0 Å². The molecule has 1 unspecified atom stereocenters. The fourth-order valence-corrected chi connectivity index (χ4v) is 1.48. The molecule has 0 spiro atoms. The van der Waals surface area contributed by atoms with E-state index < -0.39 is 22.0 Å². The third kappa shape index (κ3) is 1.70. The lowest BCUT2D eigenvalue weighted by molar-refractivity contribution is 0.682. The first-order valence-corrected chi connectivity index (χ1v) is 4.67. The van der Waals surface area contributed by atoms with Crippen molar-refractivity contribution in [1.82, 2.24) is 9.97 Å². The van der Waals surface area contributed by atoms with E-state index in [4.69, 9.17) is 0 Å². The third-order valence-electron chi connectivity index (χ3n) is 1.29. The van der Waals surface area contributed by atoms with Crippen molar-refractivity contribution < 1.29 is 4.21 Å². The van der Waals surface area contributed by atoms with Gasteiger partial charge in [0.25, 0.3) is 5.56 Å². The van der Waals surface area contributed by atoms with Crippen LogP contribution in [-0.4, -0.2) is 19.9 Å². The van der Waals surface area contributed by atoms with Gasteiger partial charge in [-0.2, -0.15) is 0 Å². The third-order valence-corrected chi connectivity index (χ3v) is 2.61. The maximum Gasteiger partial charge on any atom is 0.325 e. The normalized spacial score (nSPS) is 12.8. The average Bonchev–Trinajstić information content (AvgIpc) is 2.03. The zero-order valence-electron chi connectivity index (χ0n) is 6.42. The van der Waals surface area contributed by atoms with Crippen LogP contribution < -0.4 is 11.2 Å². The van der Waals surface area contributed by atoms with E-state index in [1.165, 1.54) is 6.20 Å². The Labute approximate surface area is 70.3 Å². The lowest BCUT2D eigenvalue weighted by Crippen LogP contribution is -2.25. The zero-order valence-corrected chi connectivity index (χ0v) is 7.23. The van der Waals surface area contributed by atoms with Gasteiger partial charge in [0.15, 0.2) is 0 Å². The molecule has 66 valence electrons. The minimum atomic E-state index is -1.32. The molecular formula is C6H8N2O3S. The second kappa shape index (κ2) is 3.48. The Morgan fingerprint density at radius 3 is 2.67 bits per heavy atom. The maximum absolute atomic E-state index is 11.1. The van der Waals surface area contributed by atoms with Crippen molar-refractivity contribution in [3.63, 3.8) is 0 Å². The Balaban J connectivity index is 3.28. The molecule has 0 saturated heterocycles. The maximum atomic E-state index is 11.1. The summed E-state index contributed by atoms with van der Waals surface area (Å²) in [7, 11) is -1.32. The van der Waals surface area contributed by atoms with Gasteiger partial charge in [-0.3, -0.25) is 14.0 Å². The molecule has 2 N–H and O–H groups in total. The number of aromatic amines is 2. The molecule has 0 fully saturated rings. The standard InChI is InChI=1S/C6H8N2O3S/c1-2-12(11)4-3-7-6(10)8-5(4)9/h3H,2H2,1H3,(H2,7,8,9,10). The molecular weight excluding hydrogens is 180 g/mol. The summed E-state index contributed by atoms with van der Waals surface area (Å²) in [6.07, 6.45) is 1.18. The highest BCUT2D eigenvalue weighted by molar-refractivity contribution is 7.85. The predicted octanol–water partition coefficient (Wildman–Crippen LogP) is -0.809. The highest BCUT2D eigenvalue weighted by atomic mass is 32.2. The fourth-order valence-electron chi connectivity index (χ4n) is 0.722. The van der Waals surface area contributed by atoms with Crippen LogP contribution in [0.15, 0.2) is 20.7 Å². The number of rotatable bonds is 2. The molecule has 1 aromatic rings. The molecule has 5 nitrogen and oxygen atoms in total. The summed E-state index contributed by atoms with van der Waals surface area (Å²) in [6, 6.07) is 0.